The van der Waals surface area contributed by atoms with Crippen molar-refractivity contribution in [3.8, 4) is 0 Å². The smallest absolute Gasteiger partial charge is 0.0981 e. The Labute approximate surface area is 108 Å². The Kier molecular flexibility index (Phi) is 3.57. The second-order valence-corrected chi connectivity index (χ2v) is 7.40. The molecule has 0 unspecified atom stereocenters. The zero-order valence-corrected chi connectivity index (χ0v) is 12.0. The number of rotatable bonds is 4. The number of hydrogen-bond donors (Lipinski definition) is 1. The van der Waals surface area contributed by atoms with Crippen LogP contribution in [0.4, 0.5) is 0 Å². The van der Waals surface area contributed by atoms with E-state index < -0.39 is 0 Å². The number of thiazole rings is 1. The second-order valence-electron chi connectivity index (χ2n) is 6.29. The highest BCUT2D eigenvalue weighted by atomic mass is 32.1. The van der Waals surface area contributed by atoms with Crippen molar-refractivity contribution < 1.29 is 4.74 Å². The Morgan fingerprint density at radius 1 is 1.47 bits per heavy atom. The van der Waals surface area contributed by atoms with E-state index in [2.05, 4.69) is 38.0 Å². The largest absolute Gasteiger partial charge is 0.380 e. The van der Waals surface area contributed by atoms with Crippen LogP contribution in [0.15, 0.2) is 6.20 Å². The van der Waals surface area contributed by atoms with Crippen LogP contribution < -0.4 is 5.32 Å². The maximum Gasteiger partial charge on any atom is 0.0981 e. The van der Waals surface area contributed by atoms with E-state index in [-0.39, 0.29) is 5.41 Å². The molecule has 0 aliphatic carbocycles. The molecule has 17 heavy (non-hydrogen) atoms. The molecule has 4 heteroatoms. The van der Waals surface area contributed by atoms with Crippen molar-refractivity contribution in [2.45, 2.75) is 39.7 Å². The third-order valence-corrected chi connectivity index (χ3v) is 4.37. The van der Waals surface area contributed by atoms with Gasteiger partial charge in [-0.3, -0.25) is 0 Å². The molecule has 1 aromatic heterocycles. The van der Waals surface area contributed by atoms with Gasteiger partial charge in [0, 0.05) is 35.0 Å². The van der Waals surface area contributed by atoms with Crippen LogP contribution in [0.2, 0.25) is 0 Å². The zero-order chi connectivity index (χ0) is 12.5. The fraction of sp³-hybridized carbons (Fsp3) is 0.769. The van der Waals surface area contributed by atoms with Crippen LogP contribution >= 0.6 is 11.3 Å². The van der Waals surface area contributed by atoms with Crippen molar-refractivity contribution in [2.75, 3.05) is 19.8 Å². The predicted octanol–water partition coefficient (Wildman–Crippen LogP) is 2.57. The lowest BCUT2D eigenvalue weighted by molar-refractivity contribution is -0.0991. The van der Waals surface area contributed by atoms with Crippen LogP contribution in [0.3, 0.4) is 0 Å². The predicted molar refractivity (Wildman–Crippen MR) is 71.4 cm³/mol. The zero-order valence-electron chi connectivity index (χ0n) is 11.2. The van der Waals surface area contributed by atoms with E-state index in [9.17, 15) is 0 Å². The van der Waals surface area contributed by atoms with Gasteiger partial charge in [0.05, 0.1) is 18.2 Å². The Bertz CT molecular complexity index is 377. The molecule has 96 valence electrons. The van der Waals surface area contributed by atoms with E-state index >= 15 is 0 Å². The number of nitrogens with zero attached hydrogens (tertiary/aromatic N) is 1. The van der Waals surface area contributed by atoms with Gasteiger partial charge in [-0.1, -0.05) is 27.7 Å². The first kappa shape index (κ1) is 13.0. The molecular formula is C13H22N2OS. The Hall–Kier alpha value is -0.450. The third kappa shape index (κ3) is 3.27. The fourth-order valence-corrected chi connectivity index (χ4v) is 2.72. The van der Waals surface area contributed by atoms with Gasteiger partial charge in [-0.15, -0.1) is 11.3 Å². The SMILES string of the molecule is CC1(CNCc2cnc(C(C)(C)C)s2)COC1. The molecule has 0 saturated carbocycles. The minimum absolute atomic E-state index is 0.163. The second kappa shape index (κ2) is 4.67. The lowest BCUT2D eigenvalue weighted by atomic mass is 9.89. The van der Waals surface area contributed by atoms with Gasteiger partial charge in [-0.2, -0.15) is 0 Å². The van der Waals surface area contributed by atoms with Gasteiger partial charge in [-0.25, -0.2) is 4.98 Å². The van der Waals surface area contributed by atoms with Gasteiger partial charge in [0.2, 0.25) is 0 Å². The van der Waals surface area contributed by atoms with Gasteiger partial charge in [0.15, 0.2) is 0 Å². The summed E-state index contributed by atoms with van der Waals surface area (Å²) in [5.41, 5.74) is 0.508. The molecule has 1 aromatic rings. The molecule has 3 nitrogen and oxygen atoms in total. The highest BCUT2D eigenvalue weighted by molar-refractivity contribution is 7.11. The topological polar surface area (TPSA) is 34.2 Å². The molecule has 1 fully saturated rings. The van der Waals surface area contributed by atoms with E-state index in [1.807, 2.05) is 17.5 Å². The van der Waals surface area contributed by atoms with E-state index in [1.54, 1.807) is 0 Å². The quantitative estimate of drug-likeness (QED) is 0.896. The maximum absolute atomic E-state index is 5.24. The number of nitrogens with one attached hydrogen (secondary N) is 1. The summed E-state index contributed by atoms with van der Waals surface area (Å²) in [6.45, 7) is 12.6. The van der Waals surface area contributed by atoms with Gasteiger partial charge < -0.3 is 10.1 Å². The number of ether oxygens (including phenoxy) is 1. The summed E-state index contributed by atoms with van der Waals surface area (Å²) < 4.78 is 5.24. The lowest BCUT2D eigenvalue weighted by Crippen LogP contribution is -2.47. The molecule has 0 bridgehead atoms. The molecule has 2 heterocycles. The molecule has 1 N–H and O–H groups in total. The fourth-order valence-electron chi connectivity index (χ4n) is 1.78. The average molecular weight is 254 g/mol. The van der Waals surface area contributed by atoms with Crippen LogP contribution in [-0.2, 0) is 16.7 Å². The summed E-state index contributed by atoms with van der Waals surface area (Å²) in [5, 5.41) is 4.71. The van der Waals surface area contributed by atoms with Crippen molar-refractivity contribution in [3.05, 3.63) is 16.1 Å². The lowest BCUT2D eigenvalue weighted by Gasteiger charge is -2.38. The van der Waals surface area contributed by atoms with Crippen molar-refractivity contribution in [1.82, 2.24) is 10.3 Å². The van der Waals surface area contributed by atoms with E-state index in [4.69, 9.17) is 4.74 Å². The van der Waals surface area contributed by atoms with Crippen molar-refractivity contribution in [1.29, 1.82) is 0 Å². The van der Waals surface area contributed by atoms with Gasteiger partial charge in [0.25, 0.3) is 0 Å². The van der Waals surface area contributed by atoms with Crippen molar-refractivity contribution >= 4 is 11.3 Å². The number of aromatic nitrogens is 1. The van der Waals surface area contributed by atoms with Crippen LogP contribution in [0, 0.1) is 5.41 Å². The molecule has 1 aliphatic heterocycles. The Morgan fingerprint density at radius 3 is 2.65 bits per heavy atom. The summed E-state index contributed by atoms with van der Waals surface area (Å²) in [7, 11) is 0. The third-order valence-electron chi connectivity index (χ3n) is 2.95. The van der Waals surface area contributed by atoms with E-state index in [0.717, 1.165) is 26.3 Å². The molecule has 0 radical (unpaired) electrons. The van der Waals surface area contributed by atoms with Crippen LogP contribution in [0.5, 0.6) is 0 Å². The first-order valence-corrected chi connectivity index (χ1v) is 6.94. The van der Waals surface area contributed by atoms with Crippen LogP contribution in [0.1, 0.15) is 37.6 Å². The minimum atomic E-state index is 0.163. The molecule has 1 aliphatic rings. The normalized spacial score (nSPS) is 19.1. The van der Waals surface area contributed by atoms with Crippen LogP contribution in [0.25, 0.3) is 0 Å². The summed E-state index contributed by atoms with van der Waals surface area (Å²) in [6, 6.07) is 0. The summed E-state index contributed by atoms with van der Waals surface area (Å²) in [4.78, 5) is 5.81. The van der Waals surface area contributed by atoms with E-state index in [1.165, 1.54) is 9.88 Å². The summed E-state index contributed by atoms with van der Waals surface area (Å²) in [6.07, 6.45) is 2.00. The maximum atomic E-state index is 5.24. The van der Waals surface area contributed by atoms with Crippen molar-refractivity contribution in [3.63, 3.8) is 0 Å². The Balaban J connectivity index is 1.81. The van der Waals surface area contributed by atoms with Gasteiger partial charge in [-0.05, 0) is 0 Å². The highest BCUT2D eigenvalue weighted by Crippen LogP contribution is 2.27. The molecule has 0 amide bonds. The first-order valence-electron chi connectivity index (χ1n) is 6.13. The summed E-state index contributed by atoms with van der Waals surface area (Å²) >= 11 is 1.81. The van der Waals surface area contributed by atoms with Gasteiger partial charge in [0.1, 0.15) is 0 Å². The van der Waals surface area contributed by atoms with Crippen molar-refractivity contribution in [2.24, 2.45) is 5.41 Å². The Morgan fingerprint density at radius 2 is 2.18 bits per heavy atom. The first-order chi connectivity index (χ1) is 7.89. The molecule has 1 saturated heterocycles. The average Bonchev–Trinajstić information content (AvgIpc) is 2.63. The molecular weight excluding hydrogens is 232 g/mol. The molecule has 0 aromatic carbocycles. The standard InChI is InChI=1S/C13H22N2OS/c1-12(2,3)11-15-6-10(17-11)5-14-7-13(4)8-16-9-13/h6,14H,5,7-9H2,1-4H3. The van der Waals surface area contributed by atoms with Crippen LogP contribution in [-0.4, -0.2) is 24.7 Å². The van der Waals surface area contributed by atoms with Gasteiger partial charge >= 0.3 is 0 Å². The highest BCUT2D eigenvalue weighted by Gasteiger charge is 2.32. The number of hydrogen-bond acceptors (Lipinski definition) is 4. The summed E-state index contributed by atoms with van der Waals surface area (Å²) in [5.74, 6) is 0. The molecule has 2 rings (SSSR count). The molecule has 0 atom stereocenters. The monoisotopic (exact) mass is 254 g/mol. The van der Waals surface area contributed by atoms with E-state index in [0.29, 0.717) is 5.41 Å². The molecule has 0 spiro atoms. The minimum Gasteiger partial charge on any atom is -0.380 e.